The highest BCUT2D eigenvalue weighted by atomic mass is 19.1. The molecule has 0 radical (unpaired) electrons. The fraction of sp³-hybridized carbons (Fsp3) is 0.486. The number of ether oxygens (including phenoxy) is 2. The highest BCUT2D eigenvalue weighted by Crippen LogP contribution is 2.43. The average Bonchev–Trinajstić information content (AvgIpc) is 3.50. The van der Waals surface area contributed by atoms with Crippen LogP contribution in [-0.4, -0.2) is 92.5 Å². The fourth-order valence-electron chi connectivity index (χ4n) is 7.43. The molecule has 3 saturated heterocycles. The van der Waals surface area contributed by atoms with Gasteiger partial charge in [0.25, 0.3) is 0 Å². The molecule has 1 amide bonds. The van der Waals surface area contributed by atoms with E-state index in [2.05, 4.69) is 33.7 Å². The summed E-state index contributed by atoms with van der Waals surface area (Å²) in [5.41, 5.74) is -0.435. The van der Waals surface area contributed by atoms with Crippen LogP contribution in [0.5, 0.6) is 11.8 Å². The Hall–Kier alpha value is -4.25. The topological polar surface area (TPSA) is 104 Å². The van der Waals surface area contributed by atoms with E-state index in [1.54, 1.807) is 12.3 Å². The molecule has 0 saturated carbocycles. The zero-order chi connectivity index (χ0) is 32.4. The van der Waals surface area contributed by atoms with Crippen molar-refractivity contribution >= 4 is 33.6 Å². The number of halogens is 1. The van der Waals surface area contributed by atoms with Gasteiger partial charge in [-0.1, -0.05) is 24.3 Å². The van der Waals surface area contributed by atoms with Crippen molar-refractivity contribution in [2.45, 2.75) is 76.6 Å². The number of aromatic hydroxyl groups is 1. The number of likely N-dealkylation sites (N-methyl/N-ethyl adjacent to an activating group) is 1. The molecule has 3 fully saturated rings. The molecule has 4 aromatic rings. The van der Waals surface area contributed by atoms with Crippen molar-refractivity contribution in [2.75, 3.05) is 38.2 Å². The first-order chi connectivity index (χ1) is 21.9. The SMILES string of the molecule is CN1CCC[C@H]1COc1nc(N2CC3CCC(C)(C2)N3C(=O)OC(C)(C)C)c2cnc(-c3cc(O)cc4ccccc34)c(F)c2n1. The second-order valence-corrected chi connectivity index (χ2v) is 14.2. The summed E-state index contributed by atoms with van der Waals surface area (Å²) in [6.07, 6.45) is 5.04. The van der Waals surface area contributed by atoms with E-state index in [1.165, 1.54) is 6.07 Å². The molecule has 1 N–H and O–H groups in total. The van der Waals surface area contributed by atoms with Crippen molar-refractivity contribution in [3.8, 4) is 23.0 Å². The first-order valence-electron chi connectivity index (χ1n) is 16.1. The van der Waals surface area contributed by atoms with Gasteiger partial charge < -0.3 is 24.4 Å². The Balaban J connectivity index is 1.31. The van der Waals surface area contributed by atoms with Crippen LogP contribution in [0.3, 0.4) is 0 Å². The minimum Gasteiger partial charge on any atom is -0.508 e. The molecular formula is C35H41FN6O4. The summed E-state index contributed by atoms with van der Waals surface area (Å²) in [7, 11) is 2.07. The Morgan fingerprint density at radius 2 is 1.96 bits per heavy atom. The number of pyridine rings is 1. The van der Waals surface area contributed by atoms with Crippen molar-refractivity contribution in [1.82, 2.24) is 24.8 Å². The summed E-state index contributed by atoms with van der Waals surface area (Å²) >= 11 is 0. The Kier molecular flexibility index (Phi) is 7.42. The molecule has 10 nitrogen and oxygen atoms in total. The van der Waals surface area contributed by atoms with E-state index in [9.17, 15) is 9.90 Å². The van der Waals surface area contributed by atoms with Gasteiger partial charge in [0.1, 0.15) is 35.0 Å². The first-order valence-corrected chi connectivity index (χ1v) is 16.1. The third-order valence-corrected chi connectivity index (χ3v) is 9.64. The van der Waals surface area contributed by atoms with Gasteiger partial charge in [-0.15, -0.1) is 0 Å². The number of hydrogen-bond donors (Lipinski definition) is 1. The van der Waals surface area contributed by atoms with Gasteiger partial charge in [0.05, 0.1) is 17.0 Å². The average molecular weight is 629 g/mol. The summed E-state index contributed by atoms with van der Waals surface area (Å²) < 4.78 is 28.7. The van der Waals surface area contributed by atoms with Crippen molar-refractivity contribution in [1.29, 1.82) is 0 Å². The number of benzene rings is 2. The van der Waals surface area contributed by atoms with Gasteiger partial charge >= 0.3 is 12.1 Å². The second kappa shape index (κ2) is 11.2. The summed E-state index contributed by atoms with van der Waals surface area (Å²) in [5.74, 6) is -0.0589. The van der Waals surface area contributed by atoms with Crippen molar-refractivity contribution in [2.24, 2.45) is 0 Å². The summed E-state index contributed by atoms with van der Waals surface area (Å²) in [5, 5.41) is 12.5. The zero-order valence-corrected chi connectivity index (χ0v) is 27.1. The maximum Gasteiger partial charge on any atom is 0.411 e. The summed E-state index contributed by atoms with van der Waals surface area (Å²) in [6.45, 7) is 10.1. The number of phenolic OH excluding ortho intramolecular Hbond substituents is 1. The minimum atomic E-state index is -0.610. The molecule has 2 unspecified atom stereocenters. The first kappa shape index (κ1) is 30.4. The molecule has 2 aromatic carbocycles. The summed E-state index contributed by atoms with van der Waals surface area (Å²) in [6, 6.07) is 10.9. The minimum absolute atomic E-state index is 0.0228. The van der Waals surface area contributed by atoms with Crippen LogP contribution in [-0.2, 0) is 4.74 Å². The van der Waals surface area contributed by atoms with Crippen LogP contribution in [0.4, 0.5) is 15.0 Å². The number of fused-ring (bicyclic) bond motifs is 4. The maximum atomic E-state index is 16.7. The van der Waals surface area contributed by atoms with Gasteiger partial charge in [0, 0.05) is 30.9 Å². The zero-order valence-electron chi connectivity index (χ0n) is 27.1. The predicted octanol–water partition coefficient (Wildman–Crippen LogP) is 6.14. The summed E-state index contributed by atoms with van der Waals surface area (Å²) in [4.78, 5) is 33.7. The van der Waals surface area contributed by atoms with Crippen LogP contribution in [0.1, 0.15) is 53.4 Å². The Morgan fingerprint density at radius 1 is 1.15 bits per heavy atom. The molecule has 3 atom stereocenters. The van der Waals surface area contributed by atoms with E-state index >= 15 is 4.39 Å². The molecular weight excluding hydrogens is 587 g/mol. The van der Waals surface area contributed by atoms with Gasteiger partial charge in [0.2, 0.25) is 0 Å². The lowest BCUT2D eigenvalue weighted by Crippen LogP contribution is -2.63. The smallest absolute Gasteiger partial charge is 0.411 e. The Morgan fingerprint density at radius 3 is 2.70 bits per heavy atom. The quantitative estimate of drug-likeness (QED) is 0.279. The molecule has 3 aliphatic heterocycles. The molecule has 242 valence electrons. The van der Waals surface area contributed by atoms with Crippen molar-refractivity contribution in [3.63, 3.8) is 0 Å². The van der Waals surface area contributed by atoms with Crippen molar-refractivity contribution < 1.29 is 23.8 Å². The Labute approximate surface area is 268 Å². The lowest BCUT2D eigenvalue weighted by molar-refractivity contribution is -0.00280. The van der Waals surface area contributed by atoms with Gasteiger partial charge in [-0.05, 0) is 89.9 Å². The van der Waals surface area contributed by atoms with E-state index in [-0.39, 0.29) is 41.1 Å². The lowest BCUT2D eigenvalue weighted by Gasteiger charge is -2.47. The number of aromatic nitrogens is 3. The molecule has 2 aromatic heterocycles. The molecule has 7 rings (SSSR count). The number of carbonyl (C=O) groups is 1. The number of hydrogen-bond acceptors (Lipinski definition) is 9. The number of nitrogens with zero attached hydrogens (tertiary/aromatic N) is 6. The van der Waals surface area contributed by atoms with Crippen LogP contribution in [0.15, 0.2) is 42.6 Å². The molecule has 0 spiro atoms. The molecule has 0 aliphatic carbocycles. The highest BCUT2D eigenvalue weighted by Gasteiger charge is 2.52. The van der Waals surface area contributed by atoms with E-state index in [0.717, 1.165) is 43.0 Å². The Bertz CT molecular complexity index is 1830. The lowest BCUT2D eigenvalue weighted by atomic mass is 9.97. The van der Waals surface area contributed by atoms with E-state index in [1.807, 2.05) is 49.9 Å². The van der Waals surface area contributed by atoms with Crippen LogP contribution in [0.25, 0.3) is 32.9 Å². The number of phenols is 1. The van der Waals surface area contributed by atoms with E-state index < -0.39 is 17.0 Å². The molecule has 11 heteroatoms. The van der Waals surface area contributed by atoms with Crippen LogP contribution in [0, 0.1) is 5.82 Å². The number of anilines is 1. The number of rotatable bonds is 5. The van der Waals surface area contributed by atoms with E-state index in [0.29, 0.717) is 36.5 Å². The van der Waals surface area contributed by atoms with Crippen LogP contribution < -0.4 is 9.64 Å². The van der Waals surface area contributed by atoms with Gasteiger partial charge in [-0.3, -0.25) is 9.88 Å². The molecule has 46 heavy (non-hydrogen) atoms. The number of amides is 1. The molecule has 5 heterocycles. The van der Waals surface area contributed by atoms with Gasteiger partial charge in [-0.25, -0.2) is 9.18 Å². The second-order valence-electron chi connectivity index (χ2n) is 14.2. The predicted molar refractivity (Wildman–Crippen MR) is 175 cm³/mol. The molecule has 2 bridgehead atoms. The largest absolute Gasteiger partial charge is 0.508 e. The number of piperazine rings is 1. The van der Waals surface area contributed by atoms with Crippen LogP contribution >= 0.6 is 0 Å². The standard InChI is InChI=1S/C35H41FN6O4/c1-34(2,3)46-33(44)42-22-12-13-35(42,4)20-41(18-22)31-27-17-37-29(26-16-24(43)15-21-9-6-7-11-25(21)26)28(36)30(27)38-32(39-31)45-19-23-10-8-14-40(23)5/h6-7,9,11,15-17,22-23,43H,8,10,12-14,18-20H2,1-5H3/t22?,23-,35?/m0/s1. The van der Waals surface area contributed by atoms with Gasteiger partial charge in [-0.2, -0.15) is 9.97 Å². The van der Waals surface area contributed by atoms with E-state index in [4.69, 9.17) is 14.5 Å². The van der Waals surface area contributed by atoms with Crippen molar-refractivity contribution in [3.05, 3.63) is 48.4 Å². The fourth-order valence-corrected chi connectivity index (χ4v) is 7.43. The van der Waals surface area contributed by atoms with Gasteiger partial charge in [0.15, 0.2) is 5.82 Å². The number of likely N-dealkylation sites (tertiary alicyclic amines) is 1. The highest BCUT2D eigenvalue weighted by molar-refractivity contribution is 6.00. The number of carbonyl (C=O) groups excluding carboxylic acids is 1. The monoisotopic (exact) mass is 628 g/mol. The molecule has 3 aliphatic rings. The normalized spacial score (nSPS) is 23.4. The third-order valence-electron chi connectivity index (χ3n) is 9.64. The third kappa shape index (κ3) is 5.44. The van der Waals surface area contributed by atoms with Crippen LogP contribution in [0.2, 0.25) is 0 Å². The maximum absolute atomic E-state index is 16.7.